The van der Waals surface area contributed by atoms with Gasteiger partial charge < -0.3 is 10.1 Å². The Kier molecular flexibility index (Phi) is 3.98. The number of nitrogens with one attached hydrogen (secondary N) is 1. The highest BCUT2D eigenvalue weighted by molar-refractivity contribution is 7.92. The van der Waals surface area contributed by atoms with E-state index in [0.717, 1.165) is 5.69 Å². The summed E-state index contributed by atoms with van der Waals surface area (Å²) < 4.78 is 33.6. The van der Waals surface area contributed by atoms with Crippen LogP contribution in [0, 0.1) is 0 Å². The number of sulfone groups is 1. The van der Waals surface area contributed by atoms with Gasteiger partial charge >= 0.3 is 0 Å². The van der Waals surface area contributed by atoms with Crippen LogP contribution in [0.1, 0.15) is 20.8 Å². The van der Waals surface area contributed by atoms with E-state index < -0.39 is 14.6 Å². The van der Waals surface area contributed by atoms with Gasteiger partial charge in [-0.1, -0.05) is 0 Å². The molecule has 0 aliphatic rings. The van der Waals surface area contributed by atoms with Crippen molar-refractivity contribution in [3.63, 3.8) is 0 Å². The van der Waals surface area contributed by atoms with Crippen LogP contribution in [0.15, 0.2) is 35.7 Å². The van der Waals surface area contributed by atoms with E-state index in [-0.39, 0.29) is 10.6 Å². The molecule has 134 valence electrons. The van der Waals surface area contributed by atoms with E-state index >= 15 is 0 Å². The van der Waals surface area contributed by atoms with Gasteiger partial charge in [0, 0.05) is 19.3 Å². The molecule has 3 aromatic heterocycles. The first kappa shape index (κ1) is 17.3. The maximum atomic E-state index is 13.0. The fourth-order valence-electron chi connectivity index (χ4n) is 2.41. The number of fused-ring (bicyclic) bond motifs is 1. The first-order valence-corrected chi connectivity index (χ1v) is 9.20. The summed E-state index contributed by atoms with van der Waals surface area (Å²) in [5.41, 5.74) is 1.41. The Morgan fingerprint density at radius 3 is 2.48 bits per heavy atom. The van der Waals surface area contributed by atoms with Crippen LogP contribution >= 0.6 is 0 Å². The Hall–Kier alpha value is -2.55. The quantitative estimate of drug-likeness (QED) is 0.764. The molecule has 0 atom stereocenters. The van der Waals surface area contributed by atoms with Gasteiger partial charge in [0.15, 0.2) is 15.7 Å². The lowest BCUT2D eigenvalue weighted by molar-refractivity contribution is 0.401. The van der Waals surface area contributed by atoms with E-state index in [9.17, 15) is 8.42 Å². The number of ether oxygens (including phenoxy) is 1. The number of methoxy groups -OCH3 is 1. The van der Waals surface area contributed by atoms with Crippen LogP contribution in [0.4, 0.5) is 5.69 Å². The van der Waals surface area contributed by atoms with Crippen LogP contribution in [-0.2, 0) is 9.84 Å². The highest BCUT2D eigenvalue weighted by atomic mass is 32.2. The van der Waals surface area contributed by atoms with Crippen molar-refractivity contribution < 1.29 is 13.2 Å². The van der Waals surface area contributed by atoms with Crippen molar-refractivity contribution in [2.75, 3.05) is 19.5 Å². The van der Waals surface area contributed by atoms with Crippen LogP contribution in [0.5, 0.6) is 5.75 Å². The zero-order valence-electron chi connectivity index (χ0n) is 14.8. The summed E-state index contributed by atoms with van der Waals surface area (Å²) in [7, 11) is -0.354. The van der Waals surface area contributed by atoms with E-state index in [1.165, 1.54) is 13.3 Å². The Labute approximate surface area is 146 Å². The van der Waals surface area contributed by atoms with Gasteiger partial charge in [0.05, 0.1) is 36.1 Å². The van der Waals surface area contributed by atoms with Gasteiger partial charge in [0.1, 0.15) is 16.3 Å². The van der Waals surface area contributed by atoms with E-state index in [1.807, 2.05) is 0 Å². The monoisotopic (exact) mass is 363 g/mol. The van der Waals surface area contributed by atoms with Gasteiger partial charge in [0.25, 0.3) is 0 Å². The summed E-state index contributed by atoms with van der Waals surface area (Å²) in [6.07, 6.45) is 6.65. The molecular weight excluding hydrogens is 342 g/mol. The van der Waals surface area contributed by atoms with Crippen molar-refractivity contribution in [2.24, 2.45) is 0 Å². The van der Waals surface area contributed by atoms with Crippen LogP contribution in [0.3, 0.4) is 0 Å². The van der Waals surface area contributed by atoms with Crippen molar-refractivity contribution in [1.29, 1.82) is 0 Å². The molecule has 3 rings (SSSR count). The lowest BCUT2D eigenvalue weighted by Crippen LogP contribution is -2.28. The van der Waals surface area contributed by atoms with E-state index in [2.05, 4.69) is 15.4 Å². The largest absolute Gasteiger partial charge is 0.495 e. The van der Waals surface area contributed by atoms with Gasteiger partial charge in [-0.25, -0.2) is 18.1 Å². The minimum Gasteiger partial charge on any atom is -0.495 e. The van der Waals surface area contributed by atoms with Crippen LogP contribution in [0.2, 0.25) is 0 Å². The standard InChI is InChI=1S/C16H21N5O3S/c1-16(2,3)25(22,23)13-10-20-14(6-12(13)24-5)18-8-15(20)21-9-11(17-4)7-19-21/h6-10,17H,1-5H3. The van der Waals surface area contributed by atoms with Gasteiger partial charge in [0.2, 0.25) is 0 Å². The highest BCUT2D eigenvalue weighted by Gasteiger charge is 2.34. The average molecular weight is 363 g/mol. The van der Waals surface area contributed by atoms with E-state index in [0.29, 0.717) is 11.5 Å². The summed E-state index contributed by atoms with van der Waals surface area (Å²) in [4.78, 5) is 4.45. The molecule has 0 aliphatic carbocycles. The minimum atomic E-state index is -3.60. The summed E-state index contributed by atoms with van der Waals surface area (Å²) in [5.74, 6) is 0.903. The maximum absolute atomic E-state index is 13.0. The predicted octanol–water partition coefficient (Wildman–Crippen LogP) is 2.14. The lowest BCUT2D eigenvalue weighted by atomic mass is 10.3. The summed E-state index contributed by atoms with van der Waals surface area (Å²) >= 11 is 0. The Bertz CT molecular complexity index is 1030. The topological polar surface area (TPSA) is 90.5 Å². The molecule has 0 unspecified atom stereocenters. The number of pyridine rings is 1. The molecule has 8 nitrogen and oxygen atoms in total. The molecule has 0 saturated heterocycles. The molecule has 0 saturated carbocycles. The molecule has 3 heterocycles. The summed E-state index contributed by atoms with van der Waals surface area (Å²) in [6.45, 7) is 4.98. The molecule has 25 heavy (non-hydrogen) atoms. The molecule has 0 radical (unpaired) electrons. The van der Waals surface area contributed by atoms with Crippen molar-refractivity contribution in [3.05, 3.63) is 30.9 Å². The fraction of sp³-hybridized carbons (Fsp3) is 0.375. The zero-order valence-corrected chi connectivity index (χ0v) is 15.6. The summed E-state index contributed by atoms with van der Waals surface area (Å²) in [5, 5.41) is 7.28. The van der Waals surface area contributed by atoms with Crippen LogP contribution in [-0.4, -0.2) is 46.5 Å². The van der Waals surface area contributed by atoms with Gasteiger partial charge in [-0.15, -0.1) is 0 Å². The second kappa shape index (κ2) is 5.76. The second-order valence-electron chi connectivity index (χ2n) is 6.59. The lowest BCUT2D eigenvalue weighted by Gasteiger charge is -2.21. The molecule has 1 N–H and O–H groups in total. The Morgan fingerprint density at radius 1 is 1.20 bits per heavy atom. The Balaban J connectivity index is 2.27. The number of nitrogens with zero attached hydrogens (tertiary/aromatic N) is 4. The first-order valence-electron chi connectivity index (χ1n) is 7.71. The molecule has 0 fully saturated rings. The van der Waals surface area contributed by atoms with Crippen LogP contribution in [0.25, 0.3) is 11.5 Å². The van der Waals surface area contributed by atoms with E-state index in [4.69, 9.17) is 4.74 Å². The number of imidazole rings is 1. The molecule has 3 aromatic rings. The maximum Gasteiger partial charge on any atom is 0.188 e. The summed E-state index contributed by atoms with van der Waals surface area (Å²) in [6, 6.07) is 1.62. The van der Waals surface area contributed by atoms with Crippen molar-refractivity contribution in [2.45, 2.75) is 30.4 Å². The number of rotatable bonds is 4. The average Bonchev–Trinajstić information content (AvgIpc) is 3.18. The molecular formula is C16H21N5O3S. The highest BCUT2D eigenvalue weighted by Crippen LogP contribution is 2.33. The molecule has 0 aromatic carbocycles. The van der Waals surface area contributed by atoms with E-state index in [1.54, 1.807) is 61.6 Å². The van der Waals surface area contributed by atoms with Gasteiger partial charge in [-0.05, 0) is 20.8 Å². The normalized spacial score (nSPS) is 12.5. The minimum absolute atomic E-state index is 0.121. The SMILES string of the molecule is CNc1cnn(-c2cnc3cc(OC)c(S(=O)(=O)C(C)(C)C)cn23)c1. The van der Waals surface area contributed by atoms with Crippen molar-refractivity contribution in [3.8, 4) is 11.6 Å². The zero-order chi connectivity index (χ0) is 18.4. The van der Waals surface area contributed by atoms with Gasteiger partial charge in [-0.3, -0.25) is 4.40 Å². The number of hydrogen-bond acceptors (Lipinski definition) is 6. The first-order chi connectivity index (χ1) is 11.7. The fourth-order valence-corrected chi connectivity index (χ4v) is 3.72. The smallest absolute Gasteiger partial charge is 0.188 e. The number of aromatic nitrogens is 4. The second-order valence-corrected chi connectivity index (χ2v) is 9.26. The van der Waals surface area contributed by atoms with Crippen LogP contribution < -0.4 is 10.1 Å². The van der Waals surface area contributed by atoms with Crippen molar-refractivity contribution in [1.82, 2.24) is 19.2 Å². The molecule has 0 amide bonds. The molecule has 9 heteroatoms. The molecule has 0 bridgehead atoms. The molecule has 0 aliphatic heterocycles. The Morgan fingerprint density at radius 2 is 1.92 bits per heavy atom. The van der Waals surface area contributed by atoms with Crippen molar-refractivity contribution >= 4 is 21.2 Å². The third-order valence-corrected chi connectivity index (χ3v) is 6.47. The predicted molar refractivity (Wildman–Crippen MR) is 95.4 cm³/mol. The third-order valence-electron chi connectivity index (χ3n) is 3.98. The van der Waals surface area contributed by atoms with Gasteiger partial charge in [-0.2, -0.15) is 5.10 Å². The number of hydrogen-bond donors (Lipinski definition) is 1. The molecule has 0 spiro atoms. The third kappa shape index (κ3) is 2.74. The number of anilines is 1.